The van der Waals surface area contributed by atoms with Crippen LogP contribution in [-0.4, -0.2) is 42.3 Å². The van der Waals surface area contributed by atoms with E-state index in [9.17, 15) is 4.79 Å². The van der Waals surface area contributed by atoms with Gasteiger partial charge in [-0.15, -0.1) is 0 Å². The molecule has 1 aliphatic heterocycles. The molecule has 134 valence electrons. The Labute approximate surface area is 148 Å². The first kappa shape index (κ1) is 17.5. The lowest BCUT2D eigenvalue weighted by atomic mass is 9.73. The van der Waals surface area contributed by atoms with Gasteiger partial charge in [-0.3, -0.25) is 4.79 Å². The number of aromatic nitrogens is 2. The van der Waals surface area contributed by atoms with Crippen molar-refractivity contribution in [1.29, 1.82) is 0 Å². The number of methoxy groups -OCH3 is 1. The van der Waals surface area contributed by atoms with Gasteiger partial charge in [0.1, 0.15) is 11.6 Å². The van der Waals surface area contributed by atoms with Crippen LogP contribution in [-0.2, 0) is 21.5 Å². The molecule has 0 bridgehead atoms. The number of hydrogen-bond donors (Lipinski definition) is 1. The first-order valence-electron chi connectivity index (χ1n) is 8.64. The molecule has 0 aliphatic carbocycles. The molecular formula is C19H25N3O3. The van der Waals surface area contributed by atoms with Crippen molar-refractivity contribution >= 4 is 5.91 Å². The van der Waals surface area contributed by atoms with Gasteiger partial charge in [-0.25, -0.2) is 4.98 Å². The third-order valence-corrected chi connectivity index (χ3v) is 4.99. The van der Waals surface area contributed by atoms with Gasteiger partial charge in [0.25, 0.3) is 0 Å². The van der Waals surface area contributed by atoms with Crippen LogP contribution in [0.2, 0.25) is 0 Å². The highest BCUT2D eigenvalue weighted by Crippen LogP contribution is 2.36. The average molecular weight is 343 g/mol. The normalized spacial score (nSPS) is 16.4. The summed E-state index contributed by atoms with van der Waals surface area (Å²) in [6.45, 7) is 4.45. The molecule has 25 heavy (non-hydrogen) atoms. The van der Waals surface area contributed by atoms with Crippen molar-refractivity contribution < 1.29 is 14.3 Å². The number of amides is 1. The van der Waals surface area contributed by atoms with Crippen LogP contribution in [0.1, 0.15) is 24.2 Å². The van der Waals surface area contributed by atoms with Crippen molar-refractivity contribution in [3.8, 4) is 5.75 Å². The summed E-state index contributed by atoms with van der Waals surface area (Å²) >= 11 is 0. The molecular weight excluding hydrogens is 318 g/mol. The molecule has 0 unspecified atom stereocenters. The molecule has 1 aliphatic rings. The smallest absolute Gasteiger partial charge is 0.230 e. The summed E-state index contributed by atoms with van der Waals surface area (Å²) < 4.78 is 12.8. The number of ether oxygens (including phenoxy) is 2. The summed E-state index contributed by atoms with van der Waals surface area (Å²) in [4.78, 5) is 17.3. The van der Waals surface area contributed by atoms with Crippen molar-refractivity contribution in [2.45, 2.75) is 31.7 Å². The SMILES string of the molecule is COc1ccc(C2(C(=O)NCCn3ccnc3C)CCOCC2)cc1. The fourth-order valence-electron chi connectivity index (χ4n) is 3.38. The van der Waals surface area contributed by atoms with Crippen LogP contribution in [0.15, 0.2) is 36.7 Å². The number of hydrogen-bond acceptors (Lipinski definition) is 4. The lowest BCUT2D eigenvalue weighted by Crippen LogP contribution is -2.48. The Balaban J connectivity index is 1.72. The highest BCUT2D eigenvalue weighted by Gasteiger charge is 2.41. The highest BCUT2D eigenvalue weighted by atomic mass is 16.5. The van der Waals surface area contributed by atoms with Gasteiger partial charge in [0.05, 0.1) is 12.5 Å². The fraction of sp³-hybridized carbons (Fsp3) is 0.474. The maximum absolute atomic E-state index is 13.1. The van der Waals surface area contributed by atoms with E-state index in [4.69, 9.17) is 9.47 Å². The molecule has 0 spiro atoms. The molecule has 6 nitrogen and oxygen atoms in total. The van der Waals surface area contributed by atoms with Gasteiger partial charge in [-0.05, 0) is 37.5 Å². The molecule has 1 saturated heterocycles. The van der Waals surface area contributed by atoms with Crippen LogP contribution in [0.25, 0.3) is 0 Å². The van der Waals surface area contributed by atoms with Crippen molar-refractivity contribution in [3.63, 3.8) is 0 Å². The fourth-order valence-corrected chi connectivity index (χ4v) is 3.38. The predicted octanol–water partition coefficient (Wildman–Crippen LogP) is 2.06. The first-order chi connectivity index (χ1) is 12.2. The number of aryl methyl sites for hydroxylation is 1. The molecule has 6 heteroatoms. The maximum Gasteiger partial charge on any atom is 0.230 e. The number of benzene rings is 1. The summed E-state index contributed by atoms with van der Waals surface area (Å²) in [6.07, 6.45) is 5.08. The molecule has 0 atom stereocenters. The number of nitrogens with one attached hydrogen (secondary N) is 1. The van der Waals surface area contributed by atoms with E-state index in [-0.39, 0.29) is 5.91 Å². The molecule has 1 N–H and O–H groups in total. The zero-order valence-corrected chi connectivity index (χ0v) is 14.8. The van der Waals surface area contributed by atoms with E-state index in [0.717, 1.165) is 17.1 Å². The number of carbonyl (C=O) groups is 1. The molecule has 1 aromatic carbocycles. The van der Waals surface area contributed by atoms with E-state index >= 15 is 0 Å². The molecule has 3 rings (SSSR count). The zero-order valence-electron chi connectivity index (χ0n) is 14.8. The summed E-state index contributed by atoms with van der Waals surface area (Å²) in [5.41, 5.74) is 0.488. The van der Waals surface area contributed by atoms with Crippen LogP contribution >= 0.6 is 0 Å². The second-order valence-corrected chi connectivity index (χ2v) is 6.35. The second-order valence-electron chi connectivity index (χ2n) is 6.35. The number of carbonyl (C=O) groups excluding carboxylic acids is 1. The van der Waals surface area contributed by atoms with E-state index < -0.39 is 5.41 Å². The minimum atomic E-state index is -0.533. The number of imidazole rings is 1. The molecule has 1 fully saturated rings. The second kappa shape index (κ2) is 7.70. The zero-order chi connectivity index (χ0) is 17.7. The summed E-state index contributed by atoms with van der Waals surface area (Å²) in [7, 11) is 1.64. The van der Waals surface area contributed by atoms with E-state index in [2.05, 4.69) is 10.3 Å². The molecule has 2 aromatic rings. The van der Waals surface area contributed by atoms with Gasteiger partial charge < -0.3 is 19.4 Å². The van der Waals surface area contributed by atoms with Crippen LogP contribution in [0.4, 0.5) is 0 Å². The van der Waals surface area contributed by atoms with E-state index in [1.807, 2.05) is 42.0 Å². The van der Waals surface area contributed by atoms with Gasteiger partial charge in [0, 0.05) is 38.7 Å². The Morgan fingerprint density at radius 2 is 2.04 bits per heavy atom. The monoisotopic (exact) mass is 343 g/mol. The topological polar surface area (TPSA) is 65.4 Å². The van der Waals surface area contributed by atoms with E-state index in [0.29, 0.717) is 39.1 Å². The lowest BCUT2D eigenvalue weighted by molar-refractivity contribution is -0.130. The quantitative estimate of drug-likeness (QED) is 0.872. The Bertz CT molecular complexity index is 703. The first-order valence-corrected chi connectivity index (χ1v) is 8.64. The van der Waals surface area contributed by atoms with Crippen molar-refractivity contribution in [2.75, 3.05) is 26.9 Å². The largest absolute Gasteiger partial charge is 0.497 e. The predicted molar refractivity (Wildman–Crippen MR) is 94.7 cm³/mol. The minimum absolute atomic E-state index is 0.0683. The molecule has 2 heterocycles. The van der Waals surface area contributed by atoms with Crippen LogP contribution in [0.5, 0.6) is 5.75 Å². The maximum atomic E-state index is 13.1. The standard InChI is InChI=1S/C19H25N3O3/c1-15-20-9-11-22(15)12-10-21-18(23)19(7-13-25-14-8-19)16-3-5-17(24-2)6-4-16/h3-6,9,11H,7-8,10,12-14H2,1-2H3,(H,21,23). The lowest BCUT2D eigenvalue weighted by Gasteiger charge is -2.36. The average Bonchev–Trinajstić information content (AvgIpc) is 3.07. The van der Waals surface area contributed by atoms with Gasteiger partial charge >= 0.3 is 0 Å². The van der Waals surface area contributed by atoms with E-state index in [1.165, 1.54) is 0 Å². The number of rotatable bonds is 6. The third-order valence-electron chi connectivity index (χ3n) is 4.99. The van der Waals surface area contributed by atoms with Crippen molar-refractivity contribution in [2.24, 2.45) is 0 Å². The van der Waals surface area contributed by atoms with Crippen molar-refractivity contribution in [3.05, 3.63) is 48.0 Å². The molecule has 1 amide bonds. The highest BCUT2D eigenvalue weighted by molar-refractivity contribution is 5.88. The Morgan fingerprint density at radius 1 is 1.32 bits per heavy atom. The molecule has 1 aromatic heterocycles. The van der Waals surface area contributed by atoms with Gasteiger partial charge in [-0.2, -0.15) is 0 Å². The summed E-state index contributed by atoms with van der Waals surface area (Å²) in [6, 6.07) is 7.80. The third kappa shape index (κ3) is 3.69. The summed E-state index contributed by atoms with van der Waals surface area (Å²) in [5, 5.41) is 3.11. The molecule has 0 radical (unpaired) electrons. The Hall–Kier alpha value is -2.34. The van der Waals surface area contributed by atoms with Gasteiger partial charge in [0.15, 0.2) is 0 Å². The number of nitrogens with zero attached hydrogens (tertiary/aromatic N) is 2. The van der Waals surface area contributed by atoms with Crippen LogP contribution in [0, 0.1) is 6.92 Å². The summed E-state index contributed by atoms with van der Waals surface area (Å²) in [5.74, 6) is 1.81. The molecule has 0 saturated carbocycles. The van der Waals surface area contributed by atoms with Gasteiger partial charge in [0.2, 0.25) is 5.91 Å². The van der Waals surface area contributed by atoms with Crippen LogP contribution in [0.3, 0.4) is 0 Å². The Kier molecular flexibility index (Phi) is 5.38. The Morgan fingerprint density at radius 3 is 2.64 bits per heavy atom. The van der Waals surface area contributed by atoms with Crippen LogP contribution < -0.4 is 10.1 Å². The van der Waals surface area contributed by atoms with Gasteiger partial charge in [-0.1, -0.05) is 12.1 Å². The van der Waals surface area contributed by atoms with Crippen molar-refractivity contribution in [1.82, 2.24) is 14.9 Å². The van der Waals surface area contributed by atoms with E-state index in [1.54, 1.807) is 13.3 Å². The minimum Gasteiger partial charge on any atom is -0.497 e.